The van der Waals surface area contributed by atoms with Crippen LogP contribution in [0.1, 0.15) is 23.5 Å². The van der Waals surface area contributed by atoms with Crippen LogP contribution in [0, 0.1) is 12.8 Å². The number of thiazole rings is 1. The third kappa shape index (κ3) is 4.19. The molecular weight excluding hydrogens is 278 g/mol. The summed E-state index contributed by atoms with van der Waals surface area (Å²) in [5, 5.41) is 14.6. The molecule has 0 spiro atoms. The normalized spacial score (nSPS) is 18.2. The van der Waals surface area contributed by atoms with Crippen LogP contribution in [-0.4, -0.2) is 46.6 Å². The second-order valence-electron chi connectivity index (χ2n) is 5.06. The highest BCUT2D eigenvalue weighted by Gasteiger charge is 2.27. The van der Waals surface area contributed by atoms with Crippen LogP contribution in [0.2, 0.25) is 0 Å². The lowest BCUT2D eigenvalue weighted by atomic mass is 10.1. The van der Waals surface area contributed by atoms with Crippen LogP contribution in [0.25, 0.3) is 0 Å². The van der Waals surface area contributed by atoms with Gasteiger partial charge in [-0.3, -0.25) is 4.79 Å². The highest BCUT2D eigenvalue weighted by atomic mass is 32.1. The van der Waals surface area contributed by atoms with Crippen molar-refractivity contribution < 1.29 is 14.7 Å². The molecule has 1 aromatic heterocycles. The van der Waals surface area contributed by atoms with Crippen LogP contribution in [0.5, 0.6) is 0 Å². The van der Waals surface area contributed by atoms with Crippen LogP contribution in [0.4, 0.5) is 4.79 Å². The number of hydrogen-bond donors (Lipinski definition) is 2. The van der Waals surface area contributed by atoms with Crippen LogP contribution in [0.15, 0.2) is 5.38 Å². The molecule has 1 unspecified atom stereocenters. The molecule has 7 heteroatoms. The average molecular weight is 297 g/mol. The third-order valence-electron chi connectivity index (χ3n) is 3.32. The van der Waals surface area contributed by atoms with E-state index in [0.29, 0.717) is 19.6 Å². The number of carbonyl (C=O) groups is 2. The van der Waals surface area contributed by atoms with Gasteiger partial charge in [-0.2, -0.15) is 0 Å². The fourth-order valence-electron chi connectivity index (χ4n) is 2.34. The van der Waals surface area contributed by atoms with E-state index in [-0.39, 0.29) is 18.4 Å². The number of rotatable bonds is 5. The maximum atomic E-state index is 11.9. The maximum Gasteiger partial charge on any atom is 0.317 e. The van der Waals surface area contributed by atoms with Crippen molar-refractivity contribution in [2.45, 2.75) is 26.2 Å². The first kappa shape index (κ1) is 14.8. The average Bonchev–Trinajstić information content (AvgIpc) is 2.98. The number of nitrogens with one attached hydrogen (secondary N) is 1. The molecule has 0 aromatic carbocycles. The first-order valence-electron chi connectivity index (χ1n) is 6.70. The summed E-state index contributed by atoms with van der Waals surface area (Å²) in [6, 6.07) is -0.105. The van der Waals surface area contributed by atoms with Crippen molar-refractivity contribution in [3.05, 3.63) is 16.1 Å². The molecule has 2 N–H and O–H groups in total. The number of aromatic nitrogens is 1. The Hall–Kier alpha value is -1.63. The molecular formula is C13H19N3O3S. The molecule has 0 bridgehead atoms. The number of aliphatic carboxylic acids is 1. The monoisotopic (exact) mass is 297 g/mol. The molecule has 20 heavy (non-hydrogen) atoms. The lowest BCUT2D eigenvalue weighted by Crippen LogP contribution is -2.39. The van der Waals surface area contributed by atoms with Gasteiger partial charge in [0, 0.05) is 43.5 Å². The number of carboxylic acid groups (broad SMARTS) is 1. The predicted molar refractivity (Wildman–Crippen MR) is 75.9 cm³/mol. The highest BCUT2D eigenvalue weighted by molar-refractivity contribution is 7.09. The summed E-state index contributed by atoms with van der Waals surface area (Å²) in [5.74, 6) is -0.712. The molecule has 0 radical (unpaired) electrons. The second kappa shape index (κ2) is 6.69. The fourth-order valence-corrected chi connectivity index (χ4v) is 3.11. The van der Waals surface area contributed by atoms with Crippen molar-refractivity contribution in [2.75, 3.05) is 19.6 Å². The minimum Gasteiger partial charge on any atom is -0.481 e. The minimum absolute atomic E-state index is 0.0832. The van der Waals surface area contributed by atoms with Gasteiger partial charge < -0.3 is 15.3 Å². The summed E-state index contributed by atoms with van der Waals surface area (Å²) in [6.45, 7) is 3.69. The van der Waals surface area contributed by atoms with E-state index in [9.17, 15) is 9.59 Å². The minimum atomic E-state index is -0.795. The van der Waals surface area contributed by atoms with E-state index in [2.05, 4.69) is 10.3 Å². The Morgan fingerprint density at radius 3 is 3.05 bits per heavy atom. The molecule has 1 atom stereocenters. The van der Waals surface area contributed by atoms with E-state index in [4.69, 9.17) is 5.11 Å². The number of carbonyl (C=O) groups excluding carboxylic acids is 1. The van der Waals surface area contributed by atoms with Crippen LogP contribution in [-0.2, 0) is 11.2 Å². The summed E-state index contributed by atoms with van der Waals surface area (Å²) in [4.78, 5) is 28.6. The van der Waals surface area contributed by atoms with Gasteiger partial charge in [0.25, 0.3) is 0 Å². The zero-order valence-corrected chi connectivity index (χ0v) is 12.3. The van der Waals surface area contributed by atoms with Gasteiger partial charge in [-0.1, -0.05) is 0 Å². The smallest absolute Gasteiger partial charge is 0.317 e. The van der Waals surface area contributed by atoms with E-state index in [1.165, 1.54) is 0 Å². The molecule has 1 aromatic rings. The van der Waals surface area contributed by atoms with Crippen molar-refractivity contribution >= 4 is 23.3 Å². The van der Waals surface area contributed by atoms with E-state index < -0.39 is 5.97 Å². The fraction of sp³-hybridized carbons (Fsp3) is 0.615. The number of amides is 2. The van der Waals surface area contributed by atoms with Crippen molar-refractivity contribution in [1.82, 2.24) is 15.2 Å². The Morgan fingerprint density at radius 1 is 1.60 bits per heavy atom. The standard InChI is InChI=1S/C13H19N3O3S/c1-9-8-20-11(15-9)2-4-14-13(19)16-5-3-10(7-16)6-12(17)18/h8,10H,2-7H2,1H3,(H,14,19)(H,17,18). The van der Waals surface area contributed by atoms with E-state index in [0.717, 1.165) is 23.5 Å². The van der Waals surface area contributed by atoms with Gasteiger partial charge in [-0.05, 0) is 19.3 Å². The zero-order chi connectivity index (χ0) is 14.5. The lowest BCUT2D eigenvalue weighted by molar-refractivity contribution is -0.138. The molecule has 1 saturated heterocycles. The Morgan fingerprint density at radius 2 is 2.40 bits per heavy atom. The van der Waals surface area contributed by atoms with Crippen molar-refractivity contribution in [2.24, 2.45) is 5.92 Å². The number of urea groups is 1. The van der Waals surface area contributed by atoms with Gasteiger partial charge >= 0.3 is 12.0 Å². The van der Waals surface area contributed by atoms with Crippen LogP contribution < -0.4 is 5.32 Å². The van der Waals surface area contributed by atoms with E-state index in [1.54, 1.807) is 16.2 Å². The first-order valence-corrected chi connectivity index (χ1v) is 7.58. The first-order chi connectivity index (χ1) is 9.54. The van der Waals surface area contributed by atoms with Crippen LogP contribution in [0.3, 0.4) is 0 Å². The summed E-state index contributed by atoms with van der Waals surface area (Å²) in [6.07, 6.45) is 1.64. The Labute approximate surface area is 121 Å². The van der Waals surface area contributed by atoms with Crippen LogP contribution >= 0.6 is 11.3 Å². The van der Waals surface area contributed by atoms with Gasteiger partial charge in [-0.15, -0.1) is 11.3 Å². The molecule has 2 heterocycles. The van der Waals surface area contributed by atoms with Crippen molar-refractivity contribution in [1.29, 1.82) is 0 Å². The zero-order valence-electron chi connectivity index (χ0n) is 11.5. The molecule has 1 aliphatic heterocycles. The van der Waals surface area contributed by atoms with Crippen molar-refractivity contribution in [3.63, 3.8) is 0 Å². The van der Waals surface area contributed by atoms with Gasteiger partial charge in [0.15, 0.2) is 0 Å². The number of nitrogens with zero attached hydrogens (tertiary/aromatic N) is 2. The molecule has 110 valence electrons. The second-order valence-corrected chi connectivity index (χ2v) is 6.01. The molecule has 2 amide bonds. The van der Waals surface area contributed by atoms with Gasteiger partial charge in [0.2, 0.25) is 0 Å². The summed E-state index contributed by atoms with van der Waals surface area (Å²) in [5.41, 5.74) is 1.01. The Bertz CT molecular complexity index is 489. The van der Waals surface area contributed by atoms with E-state index in [1.807, 2.05) is 12.3 Å². The third-order valence-corrected chi connectivity index (χ3v) is 4.34. The van der Waals surface area contributed by atoms with Gasteiger partial charge in [-0.25, -0.2) is 9.78 Å². The van der Waals surface area contributed by atoms with E-state index >= 15 is 0 Å². The SMILES string of the molecule is Cc1csc(CCNC(=O)N2CCC(CC(=O)O)C2)n1. The summed E-state index contributed by atoms with van der Waals surface area (Å²) >= 11 is 1.60. The van der Waals surface area contributed by atoms with Gasteiger partial charge in [0.1, 0.15) is 0 Å². The predicted octanol–water partition coefficient (Wildman–Crippen LogP) is 1.50. The molecule has 6 nitrogen and oxygen atoms in total. The molecule has 2 rings (SSSR count). The number of hydrogen-bond acceptors (Lipinski definition) is 4. The molecule has 1 aliphatic rings. The summed E-state index contributed by atoms with van der Waals surface area (Å²) < 4.78 is 0. The van der Waals surface area contributed by atoms with Gasteiger partial charge in [0.05, 0.1) is 5.01 Å². The highest BCUT2D eigenvalue weighted by Crippen LogP contribution is 2.19. The maximum absolute atomic E-state index is 11.9. The summed E-state index contributed by atoms with van der Waals surface area (Å²) in [7, 11) is 0. The van der Waals surface area contributed by atoms with Crippen molar-refractivity contribution in [3.8, 4) is 0 Å². The quantitative estimate of drug-likeness (QED) is 0.863. The topological polar surface area (TPSA) is 82.5 Å². The number of aryl methyl sites for hydroxylation is 1. The largest absolute Gasteiger partial charge is 0.481 e. The molecule has 1 fully saturated rings. The number of carboxylic acids is 1. The Kier molecular flexibility index (Phi) is 4.94. The number of likely N-dealkylation sites (tertiary alicyclic amines) is 1. The molecule has 0 aliphatic carbocycles. The molecule has 0 saturated carbocycles. The lowest BCUT2D eigenvalue weighted by Gasteiger charge is -2.16. The Balaban J connectivity index is 1.69.